The molecular formula is C23H47NO3. The Morgan fingerprint density at radius 3 is 1.93 bits per heavy atom. The number of nitrogens with two attached hydrogens (primary N) is 1. The lowest BCUT2D eigenvalue weighted by molar-refractivity contribution is -0.170. The van der Waals surface area contributed by atoms with Gasteiger partial charge in [-0.1, -0.05) is 48.0 Å². The first kappa shape index (κ1) is 26.4. The summed E-state index contributed by atoms with van der Waals surface area (Å²) in [6.45, 7) is 23.5. The standard InChI is InChI=1S/C23H47NO3/c1-12-20(5,6)16-21(7,8)27-19(25)17(3)18(4)22(9,10)26-15-14-23(11,24)13-2/h17-18H,12-16,24H2,1-11H3. The molecule has 0 aliphatic carbocycles. The second-order valence-corrected chi connectivity index (χ2v) is 10.7. The van der Waals surface area contributed by atoms with Crippen LogP contribution in [0.4, 0.5) is 0 Å². The molecule has 3 atom stereocenters. The number of hydrogen-bond acceptors (Lipinski definition) is 4. The van der Waals surface area contributed by atoms with Gasteiger partial charge in [0.1, 0.15) is 5.60 Å². The van der Waals surface area contributed by atoms with Crippen LogP contribution < -0.4 is 5.73 Å². The van der Waals surface area contributed by atoms with E-state index in [1.54, 1.807) is 0 Å². The third-order valence-corrected chi connectivity index (χ3v) is 6.41. The van der Waals surface area contributed by atoms with Crippen LogP contribution in [0, 0.1) is 17.3 Å². The summed E-state index contributed by atoms with van der Waals surface area (Å²) in [6, 6.07) is 0. The molecule has 0 radical (unpaired) electrons. The monoisotopic (exact) mass is 385 g/mol. The van der Waals surface area contributed by atoms with E-state index >= 15 is 0 Å². The second kappa shape index (κ2) is 9.73. The SMILES string of the molecule is CCC(C)(C)CC(C)(C)OC(=O)C(C)C(C)C(C)(C)OCCC(C)(N)CC. The molecule has 0 aliphatic rings. The summed E-state index contributed by atoms with van der Waals surface area (Å²) >= 11 is 0. The van der Waals surface area contributed by atoms with Crippen molar-refractivity contribution in [1.29, 1.82) is 0 Å². The minimum Gasteiger partial charge on any atom is -0.459 e. The van der Waals surface area contributed by atoms with Crippen molar-refractivity contribution in [2.24, 2.45) is 23.0 Å². The molecule has 4 heteroatoms. The van der Waals surface area contributed by atoms with Crippen LogP contribution >= 0.6 is 0 Å². The third kappa shape index (κ3) is 9.43. The van der Waals surface area contributed by atoms with Crippen molar-refractivity contribution in [3.8, 4) is 0 Å². The summed E-state index contributed by atoms with van der Waals surface area (Å²) in [5, 5.41) is 0. The fourth-order valence-electron chi connectivity index (χ4n) is 3.34. The molecular weight excluding hydrogens is 338 g/mol. The normalized spacial score (nSPS) is 17.9. The third-order valence-electron chi connectivity index (χ3n) is 6.41. The maximum atomic E-state index is 12.8. The molecule has 0 saturated heterocycles. The zero-order valence-corrected chi connectivity index (χ0v) is 20.0. The van der Waals surface area contributed by atoms with E-state index in [2.05, 4.69) is 34.6 Å². The van der Waals surface area contributed by atoms with Crippen LogP contribution in [0.1, 0.15) is 102 Å². The van der Waals surface area contributed by atoms with Crippen molar-refractivity contribution in [3.05, 3.63) is 0 Å². The summed E-state index contributed by atoms with van der Waals surface area (Å²) < 4.78 is 12.1. The van der Waals surface area contributed by atoms with Crippen molar-refractivity contribution in [2.75, 3.05) is 6.61 Å². The maximum absolute atomic E-state index is 12.8. The molecule has 3 unspecified atom stereocenters. The number of rotatable bonds is 12. The quantitative estimate of drug-likeness (QED) is 0.436. The first-order valence-electron chi connectivity index (χ1n) is 10.6. The molecule has 2 N–H and O–H groups in total. The smallest absolute Gasteiger partial charge is 0.309 e. The molecule has 0 amide bonds. The van der Waals surface area contributed by atoms with E-state index in [0.717, 1.165) is 25.7 Å². The van der Waals surface area contributed by atoms with Gasteiger partial charge in [0.2, 0.25) is 0 Å². The Balaban J connectivity index is 4.84. The molecule has 0 spiro atoms. The molecule has 0 heterocycles. The van der Waals surface area contributed by atoms with Crippen molar-refractivity contribution in [3.63, 3.8) is 0 Å². The molecule has 27 heavy (non-hydrogen) atoms. The van der Waals surface area contributed by atoms with Gasteiger partial charge in [-0.15, -0.1) is 0 Å². The van der Waals surface area contributed by atoms with E-state index in [4.69, 9.17) is 15.2 Å². The topological polar surface area (TPSA) is 61.5 Å². The Hall–Kier alpha value is -0.610. The lowest BCUT2D eigenvalue weighted by Gasteiger charge is -2.38. The van der Waals surface area contributed by atoms with Crippen LogP contribution in [0.2, 0.25) is 0 Å². The Morgan fingerprint density at radius 2 is 1.48 bits per heavy atom. The van der Waals surface area contributed by atoms with Crippen molar-refractivity contribution in [2.45, 2.75) is 119 Å². The van der Waals surface area contributed by atoms with Crippen LogP contribution in [0.25, 0.3) is 0 Å². The van der Waals surface area contributed by atoms with Crippen molar-refractivity contribution in [1.82, 2.24) is 0 Å². The van der Waals surface area contributed by atoms with E-state index in [0.29, 0.717) is 6.61 Å². The van der Waals surface area contributed by atoms with Gasteiger partial charge in [0.05, 0.1) is 11.5 Å². The second-order valence-electron chi connectivity index (χ2n) is 10.7. The highest BCUT2D eigenvalue weighted by atomic mass is 16.6. The van der Waals surface area contributed by atoms with Gasteiger partial charge in [0.15, 0.2) is 0 Å². The predicted molar refractivity (Wildman–Crippen MR) is 115 cm³/mol. The molecule has 0 bridgehead atoms. The maximum Gasteiger partial charge on any atom is 0.309 e. The zero-order valence-electron chi connectivity index (χ0n) is 20.0. The molecule has 0 rings (SSSR count). The van der Waals surface area contributed by atoms with Crippen LogP contribution in [0.15, 0.2) is 0 Å². The molecule has 0 aromatic carbocycles. The lowest BCUT2D eigenvalue weighted by Crippen LogP contribution is -2.44. The summed E-state index contributed by atoms with van der Waals surface area (Å²) in [7, 11) is 0. The average Bonchev–Trinajstić information content (AvgIpc) is 2.51. The molecule has 0 aromatic heterocycles. The van der Waals surface area contributed by atoms with Crippen LogP contribution in [-0.4, -0.2) is 29.3 Å². The number of hydrogen-bond donors (Lipinski definition) is 1. The van der Waals surface area contributed by atoms with Gasteiger partial charge < -0.3 is 15.2 Å². The Morgan fingerprint density at radius 1 is 0.963 bits per heavy atom. The highest BCUT2D eigenvalue weighted by Crippen LogP contribution is 2.35. The highest BCUT2D eigenvalue weighted by Gasteiger charge is 2.38. The highest BCUT2D eigenvalue weighted by molar-refractivity contribution is 5.73. The number of esters is 1. The van der Waals surface area contributed by atoms with Gasteiger partial charge in [-0.3, -0.25) is 4.79 Å². The van der Waals surface area contributed by atoms with Gasteiger partial charge in [0.25, 0.3) is 0 Å². The zero-order chi connectivity index (χ0) is 21.7. The Labute approximate surface area is 168 Å². The number of ether oxygens (including phenoxy) is 2. The molecule has 0 aliphatic heterocycles. The van der Waals surface area contributed by atoms with E-state index in [1.807, 2.05) is 41.5 Å². The van der Waals surface area contributed by atoms with Crippen molar-refractivity contribution >= 4 is 5.97 Å². The number of carbonyl (C=O) groups excluding carboxylic acids is 1. The van der Waals surface area contributed by atoms with Gasteiger partial charge in [-0.2, -0.15) is 0 Å². The summed E-state index contributed by atoms with van der Waals surface area (Å²) in [5.41, 5.74) is 5.25. The largest absolute Gasteiger partial charge is 0.459 e. The first-order chi connectivity index (χ1) is 12.0. The van der Waals surface area contributed by atoms with Crippen LogP contribution in [-0.2, 0) is 14.3 Å². The summed E-state index contributed by atoms with van der Waals surface area (Å²) in [4.78, 5) is 12.8. The molecule has 0 aromatic rings. The lowest BCUT2D eigenvalue weighted by atomic mass is 9.79. The fourth-order valence-corrected chi connectivity index (χ4v) is 3.34. The number of carbonyl (C=O) groups is 1. The van der Waals surface area contributed by atoms with Crippen LogP contribution in [0.3, 0.4) is 0 Å². The van der Waals surface area contributed by atoms with E-state index in [9.17, 15) is 4.79 Å². The van der Waals surface area contributed by atoms with Crippen molar-refractivity contribution < 1.29 is 14.3 Å². The summed E-state index contributed by atoms with van der Waals surface area (Å²) in [6.07, 6.45) is 3.61. The van der Waals surface area contributed by atoms with E-state index < -0.39 is 11.2 Å². The molecule has 0 fully saturated rings. The van der Waals surface area contributed by atoms with Gasteiger partial charge in [-0.25, -0.2) is 0 Å². The Bertz CT molecular complexity index is 466. The van der Waals surface area contributed by atoms with Gasteiger partial charge in [-0.05, 0) is 65.2 Å². The predicted octanol–water partition coefficient (Wildman–Crippen LogP) is 5.72. The average molecular weight is 386 g/mol. The molecule has 4 nitrogen and oxygen atoms in total. The fraction of sp³-hybridized carbons (Fsp3) is 0.957. The van der Waals surface area contributed by atoms with E-state index in [-0.39, 0.29) is 28.8 Å². The summed E-state index contributed by atoms with van der Waals surface area (Å²) in [5.74, 6) is -0.349. The van der Waals surface area contributed by atoms with Crippen LogP contribution in [0.5, 0.6) is 0 Å². The van der Waals surface area contributed by atoms with E-state index in [1.165, 1.54) is 0 Å². The van der Waals surface area contributed by atoms with Gasteiger partial charge >= 0.3 is 5.97 Å². The Kier molecular flexibility index (Phi) is 9.51. The minimum absolute atomic E-state index is 0.0330. The first-order valence-corrected chi connectivity index (χ1v) is 10.6. The molecule has 0 saturated carbocycles. The molecule has 162 valence electrons. The minimum atomic E-state index is -0.474. The van der Waals surface area contributed by atoms with Gasteiger partial charge in [0, 0.05) is 12.1 Å².